The summed E-state index contributed by atoms with van der Waals surface area (Å²) in [6, 6.07) is 15.2. The lowest BCUT2D eigenvalue weighted by molar-refractivity contribution is 0.0597. The lowest BCUT2D eigenvalue weighted by atomic mass is 9.84. The fraction of sp³-hybridized carbons (Fsp3) is 0.391. The summed E-state index contributed by atoms with van der Waals surface area (Å²) < 4.78 is 3.82. The summed E-state index contributed by atoms with van der Waals surface area (Å²) in [5, 5.41) is 5.67. The van der Waals surface area contributed by atoms with Crippen LogP contribution in [0.2, 0.25) is 0 Å². The number of likely N-dealkylation sites (N-methyl/N-ethyl adjacent to an activating group) is 1. The molecule has 1 aliphatic heterocycles. The number of rotatable bonds is 7. The number of amides is 1. The molecule has 156 valence electrons. The normalized spacial score (nSPS) is 16.0. The molecule has 1 aromatic carbocycles. The van der Waals surface area contributed by atoms with E-state index in [1.807, 2.05) is 23.4 Å². The Morgan fingerprint density at radius 2 is 1.93 bits per heavy atom. The summed E-state index contributed by atoms with van der Waals surface area (Å²) in [7, 11) is 2.21. The SMILES string of the molecule is CN(Cc1cccnc1)C(Cc1ccccc1)C1CCN(C(=O)c2csnn2)CC1. The van der Waals surface area contributed by atoms with Crippen LogP contribution in [0.15, 0.2) is 60.2 Å². The van der Waals surface area contributed by atoms with Gasteiger partial charge >= 0.3 is 0 Å². The maximum atomic E-state index is 12.6. The van der Waals surface area contributed by atoms with Crippen LogP contribution in [0.1, 0.15) is 34.5 Å². The number of carbonyl (C=O) groups excluding carboxylic acids is 1. The third kappa shape index (κ3) is 5.09. The molecule has 7 heteroatoms. The largest absolute Gasteiger partial charge is 0.337 e. The molecule has 3 aromatic rings. The molecule has 1 fully saturated rings. The molecule has 30 heavy (non-hydrogen) atoms. The van der Waals surface area contributed by atoms with E-state index in [4.69, 9.17) is 0 Å². The van der Waals surface area contributed by atoms with Crippen LogP contribution < -0.4 is 0 Å². The Bertz CT molecular complexity index is 911. The van der Waals surface area contributed by atoms with Crippen molar-refractivity contribution in [2.24, 2.45) is 5.92 Å². The fourth-order valence-corrected chi connectivity index (χ4v) is 4.77. The number of piperidine rings is 1. The number of pyridine rings is 1. The molecule has 1 amide bonds. The second-order valence-corrected chi connectivity index (χ2v) is 8.56. The Kier molecular flexibility index (Phi) is 6.81. The first-order chi connectivity index (χ1) is 14.7. The van der Waals surface area contributed by atoms with Crippen molar-refractivity contribution >= 4 is 17.4 Å². The van der Waals surface area contributed by atoms with Crippen molar-refractivity contribution in [1.29, 1.82) is 0 Å². The van der Waals surface area contributed by atoms with Crippen molar-refractivity contribution in [2.75, 3.05) is 20.1 Å². The molecule has 6 nitrogen and oxygen atoms in total. The Hall–Kier alpha value is -2.64. The molecule has 1 atom stereocenters. The average Bonchev–Trinajstić information content (AvgIpc) is 3.33. The maximum absolute atomic E-state index is 12.6. The number of aromatic nitrogens is 3. The van der Waals surface area contributed by atoms with Gasteiger partial charge in [-0.2, -0.15) is 0 Å². The highest BCUT2D eigenvalue weighted by molar-refractivity contribution is 7.03. The summed E-state index contributed by atoms with van der Waals surface area (Å²) in [6.45, 7) is 2.41. The van der Waals surface area contributed by atoms with Gasteiger partial charge in [-0.3, -0.25) is 14.7 Å². The summed E-state index contributed by atoms with van der Waals surface area (Å²) in [6.07, 6.45) is 6.76. The Labute approximate surface area is 181 Å². The van der Waals surface area contributed by atoms with Gasteiger partial charge in [0.15, 0.2) is 5.69 Å². The zero-order valence-electron chi connectivity index (χ0n) is 17.2. The number of hydrogen-bond donors (Lipinski definition) is 0. The molecule has 1 unspecified atom stereocenters. The molecule has 0 bridgehead atoms. The standard InChI is InChI=1S/C23H27N5OS/c1-27(16-19-8-5-11-24-15-19)22(14-18-6-3-2-4-7-18)20-9-12-28(13-10-20)23(29)21-17-30-26-25-21/h2-8,11,15,17,20,22H,9-10,12-14,16H2,1H3. The topological polar surface area (TPSA) is 62.2 Å². The first kappa shape index (κ1) is 20.6. The van der Waals surface area contributed by atoms with Crippen LogP contribution in [0.5, 0.6) is 0 Å². The average molecular weight is 422 g/mol. The van der Waals surface area contributed by atoms with Crippen molar-refractivity contribution in [3.8, 4) is 0 Å². The highest BCUT2D eigenvalue weighted by Gasteiger charge is 2.31. The van der Waals surface area contributed by atoms with Gasteiger partial charge in [-0.25, -0.2) is 0 Å². The van der Waals surface area contributed by atoms with Gasteiger partial charge in [0, 0.05) is 43.4 Å². The third-order valence-corrected chi connectivity index (χ3v) is 6.46. The van der Waals surface area contributed by atoms with Crippen molar-refractivity contribution in [2.45, 2.75) is 31.8 Å². The predicted octanol–water partition coefficient (Wildman–Crippen LogP) is 3.53. The van der Waals surface area contributed by atoms with Crippen molar-refractivity contribution in [1.82, 2.24) is 24.4 Å². The van der Waals surface area contributed by atoms with Gasteiger partial charge in [0.05, 0.1) is 0 Å². The second-order valence-electron chi connectivity index (χ2n) is 7.95. The predicted molar refractivity (Wildman–Crippen MR) is 118 cm³/mol. The van der Waals surface area contributed by atoms with E-state index in [1.54, 1.807) is 5.38 Å². The fourth-order valence-electron chi connectivity index (χ4n) is 4.34. The zero-order chi connectivity index (χ0) is 20.8. The van der Waals surface area contributed by atoms with Crippen LogP contribution in [0, 0.1) is 5.92 Å². The van der Waals surface area contributed by atoms with E-state index in [0.29, 0.717) is 17.7 Å². The molecular formula is C23H27N5OS. The lowest BCUT2D eigenvalue weighted by Gasteiger charge is -2.40. The van der Waals surface area contributed by atoms with E-state index >= 15 is 0 Å². The van der Waals surface area contributed by atoms with Gasteiger partial charge in [-0.15, -0.1) is 5.10 Å². The minimum atomic E-state index is 0.00511. The van der Waals surface area contributed by atoms with Crippen molar-refractivity contribution in [3.63, 3.8) is 0 Å². The Balaban J connectivity index is 1.44. The van der Waals surface area contributed by atoms with Gasteiger partial charge in [-0.1, -0.05) is 40.9 Å². The first-order valence-electron chi connectivity index (χ1n) is 10.4. The van der Waals surface area contributed by atoms with Crippen LogP contribution in [0.4, 0.5) is 0 Å². The van der Waals surface area contributed by atoms with Gasteiger partial charge in [0.1, 0.15) is 0 Å². The molecule has 1 saturated heterocycles. The number of carbonyl (C=O) groups is 1. The Morgan fingerprint density at radius 3 is 2.60 bits per heavy atom. The summed E-state index contributed by atoms with van der Waals surface area (Å²) >= 11 is 1.22. The van der Waals surface area contributed by atoms with E-state index in [9.17, 15) is 4.79 Å². The van der Waals surface area contributed by atoms with Gasteiger partial charge < -0.3 is 4.90 Å². The molecule has 3 heterocycles. The lowest BCUT2D eigenvalue weighted by Crippen LogP contribution is -2.46. The van der Waals surface area contributed by atoms with E-state index in [2.05, 4.69) is 62.9 Å². The number of benzene rings is 1. The highest BCUT2D eigenvalue weighted by atomic mass is 32.1. The van der Waals surface area contributed by atoms with Crippen LogP contribution >= 0.6 is 11.5 Å². The van der Waals surface area contributed by atoms with E-state index in [-0.39, 0.29) is 5.91 Å². The monoisotopic (exact) mass is 421 g/mol. The Morgan fingerprint density at radius 1 is 1.17 bits per heavy atom. The van der Waals surface area contributed by atoms with E-state index in [0.717, 1.165) is 38.9 Å². The van der Waals surface area contributed by atoms with Crippen molar-refractivity contribution in [3.05, 3.63) is 77.1 Å². The summed E-state index contributed by atoms with van der Waals surface area (Å²) in [5.41, 5.74) is 3.04. The van der Waals surface area contributed by atoms with Crippen LogP contribution in [0.3, 0.4) is 0 Å². The molecule has 0 saturated carbocycles. The summed E-state index contributed by atoms with van der Waals surface area (Å²) in [5.74, 6) is 0.537. The van der Waals surface area contributed by atoms with Crippen LogP contribution in [-0.2, 0) is 13.0 Å². The van der Waals surface area contributed by atoms with Gasteiger partial charge in [0.25, 0.3) is 5.91 Å². The molecule has 1 aliphatic rings. The molecule has 4 rings (SSSR count). The van der Waals surface area contributed by atoms with Crippen LogP contribution in [0.25, 0.3) is 0 Å². The summed E-state index contributed by atoms with van der Waals surface area (Å²) in [4.78, 5) is 21.3. The number of likely N-dealkylation sites (tertiary alicyclic amines) is 1. The van der Waals surface area contributed by atoms with Gasteiger partial charge in [0.2, 0.25) is 0 Å². The van der Waals surface area contributed by atoms with Gasteiger partial charge in [-0.05, 0) is 61.0 Å². The second kappa shape index (κ2) is 9.91. The number of nitrogens with zero attached hydrogens (tertiary/aromatic N) is 5. The van der Waals surface area contributed by atoms with Crippen molar-refractivity contribution < 1.29 is 4.79 Å². The van der Waals surface area contributed by atoms with E-state index < -0.39 is 0 Å². The minimum absolute atomic E-state index is 0.00511. The minimum Gasteiger partial charge on any atom is -0.337 e. The molecule has 0 radical (unpaired) electrons. The van der Waals surface area contributed by atoms with Crippen LogP contribution in [-0.4, -0.2) is 56.5 Å². The molecule has 0 spiro atoms. The maximum Gasteiger partial charge on any atom is 0.275 e. The zero-order valence-corrected chi connectivity index (χ0v) is 18.0. The number of hydrogen-bond acceptors (Lipinski definition) is 6. The smallest absolute Gasteiger partial charge is 0.275 e. The molecular weight excluding hydrogens is 394 g/mol. The molecule has 2 aromatic heterocycles. The quantitative estimate of drug-likeness (QED) is 0.584. The van der Waals surface area contributed by atoms with E-state index in [1.165, 1.54) is 22.7 Å². The molecule has 0 N–H and O–H groups in total. The first-order valence-corrected chi connectivity index (χ1v) is 11.2. The third-order valence-electron chi connectivity index (χ3n) is 5.96. The highest BCUT2D eigenvalue weighted by Crippen LogP contribution is 2.28. The molecule has 0 aliphatic carbocycles.